The molecule has 0 aliphatic carbocycles. The Bertz CT molecular complexity index is 431. The molecule has 0 radical (unpaired) electrons. The number of carbonyl (C=O) groups is 1. The van der Waals surface area contributed by atoms with Crippen LogP contribution in [0.3, 0.4) is 0 Å². The Labute approximate surface area is 101 Å². The molecule has 1 atom stereocenters. The van der Waals surface area contributed by atoms with E-state index in [4.69, 9.17) is 10.5 Å². The predicted molar refractivity (Wildman–Crippen MR) is 68.2 cm³/mol. The molecule has 4 nitrogen and oxygen atoms in total. The number of fused-ring (bicyclic) bond motifs is 1. The molecule has 2 rings (SSSR count). The van der Waals surface area contributed by atoms with E-state index in [9.17, 15) is 4.79 Å². The van der Waals surface area contributed by atoms with Crippen molar-refractivity contribution >= 4 is 17.3 Å². The molecule has 1 aromatic carbocycles. The van der Waals surface area contributed by atoms with Gasteiger partial charge < -0.3 is 15.4 Å². The van der Waals surface area contributed by atoms with Crippen molar-refractivity contribution in [1.82, 2.24) is 0 Å². The summed E-state index contributed by atoms with van der Waals surface area (Å²) in [4.78, 5) is 14.0. The third-order valence-electron chi connectivity index (χ3n) is 2.93. The summed E-state index contributed by atoms with van der Waals surface area (Å²) in [6.45, 7) is 4.67. The molecule has 1 amide bonds. The maximum atomic E-state index is 12.2. The van der Waals surface area contributed by atoms with Gasteiger partial charge in [-0.05, 0) is 25.0 Å². The molecule has 2 N–H and O–H groups in total. The van der Waals surface area contributed by atoms with Crippen molar-refractivity contribution in [2.45, 2.75) is 32.8 Å². The van der Waals surface area contributed by atoms with Gasteiger partial charge in [0.25, 0.3) is 5.91 Å². The van der Waals surface area contributed by atoms with Crippen LogP contribution < -0.4 is 15.4 Å². The van der Waals surface area contributed by atoms with Crippen LogP contribution in [0.4, 0.5) is 11.4 Å². The quantitative estimate of drug-likeness (QED) is 0.815. The van der Waals surface area contributed by atoms with Crippen molar-refractivity contribution < 1.29 is 9.53 Å². The van der Waals surface area contributed by atoms with Gasteiger partial charge >= 0.3 is 0 Å². The minimum atomic E-state index is -0.379. The molecule has 1 unspecified atom stereocenters. The van der Waals surface area contributed by atoms with Crippen molar-refractivity contribution in [1.29, 1.82) is 0 Å². The standard InChI is InChI=1S/C13H18N2O2/c1-3-8-15-12-9(14)6-5-7-11(12)17-10(4-2)13(15)16/h5-7,10H,3-4,8,14H2,1-2H3. The largest absolute Gasteiger partial charge is 0.478 e. The van der Waals surface area contributed by atoms with Crippen LogP contribution in [0.2, 0.25) is 0 Å². The fraction of sp³-hybridized carbons (Fsp3) is 0.462. The first-order valence-electron chi connectivity index (χ1n) is 6.05. The smallest absolute Gasteiger partial charge is 0.268 e. The van der Waals surface area contributed by atoms with Crippen molar-refractivity contribution in [2.75, 3.05) is 17.2 Å². The number of anilines is 2. The van der Waals surface area contributed by atoms with Crippen LogP contribution in [-0.4, -0.2) is 18.6 Å². The van der Waals surface area contributed by atoms with Gasteiger partial charge in [0.15, 0.2) is 6.10 Å². The summed E-state index contributed by atoms with van der Waals surface area (Å²) in [6, 6.07) is 5.51. The Hall–Kier alpha value is -1.71. The molecular weight excluding hydrogens is 216 g/mol. The summed E-state index contributed by atoms with van der Waals surface area (Å²) in [5.41, 5.74) is 7.26. The zero-order chi connectivity index (χ0) is 12.4. The third kappa shape index (κ3) is 1.95. The summed E-state index contributed by atoms with van der Waals surface area (Å²) in [5, 5.41) is 0. The van der Waals surface area contributed by atoms with Gasteiger partial charge in [-0.25, -0.2) is 0 Å². The van der Waals surface area contributed by atoms with Gasteiger partial charge in [0.05, 0.1) is 5.69 Å². The fourth-order valence-corrected chi connectivity index (χ4v) is 2.11. The van der Waals surface area contributed by atoms with E-state index in [1.807, 2.05) is 26.0 Å². The molecule has 92 valence electrons. The Balaban J connectivity index is 2.47. The monoisotopic (exact) mass is 234 g/mol. The molecule has 17 heavy (non-hydrogen) atoms. The van der Waals surface area contributed by atoms with E-state index in [2.05, 4.69) is 0 Å². The van der Waals surface area contributed by atoms with Crippen molar-refractivity contribution in [3.05, 3.63) is 18.2 Å². The van der Waals surface area contributed by atoms with Crippen LogP contribution in [0.15, 0.2) is 18.2 Å². The molecule has 0 spiro atoms. The number of nitrogens with zero attached hydrogens (tertiary/aromatic N) is 1. The first-order valence-corrected chi connectivity index (χ1v) is 6.05. The number of hydrogen-bond acceptors (Lipinski definition) is 3. The van der Waals surface area contributed by atoms with Crippen molar-refractivity contribution in [3.8, 4) is 5.75 Å². The molecule has 0 aromatic heterocycles. The van der Waals surface area contributed by atoms with Crippen LogP contribution in [0.5, 0.6) is 5.75 Å². The van der Waals surface area contributed by atoms with E-state index >= 15 is 0 Å². The van der Waals surface area contributed by atoms with Crippen LogP contribution in [0.1, 0.15) is 26.7 Å². The predicted octanol–water partition coefficient (Wildman–Crippen LogP) is 2.18. The molecule has 1 aliphatic rings. The molecule has 1 aliphatic heterocycles. The maximum Gasteiger partial charge on any atom is 0.268 e. The van der Waals surface area contributed by atoms with Gasteiger partial charge in [0, 0.05) is 6.54 Å². The second-order valence-corrected chi connectivity index (χ2v) is 4.20. The fourth-order valence-electron chi connectivity index (χ4n) is 2.11. The second-order valence-electron chi connectivity index (χ2n) is 4.20. The molecule has 0 saturated carbocycles. The Kier molecular flexibility index (Phi) is 3.22. The number of rotatable bonds is 3. The van der Waals surface area contributed by atoms with E-state index in [0.29, 0.717) is 24.4 Å². The number of nitrogens with two attached hydrogens (primary N) is 1. The zero-order valence-electron chi connectivity index (χ0n) is 10.3. The number of para-hydroxylation sites is 1. The first kappa shape index (κ1) is 11.8. The maximum absolute atomic E-state index is 12.2. The number of amides is 1. The Morgan fingerprint density at radius 1 is 1.41 bits per heavy atom. The van der Waals surface area contributed by atoms with Gasteiger partial charge in [-0.3, -0.25) is 4.79 Å². The van der Waals surface area contributed by atoms with Crippen molar-refractivity contribution in [2.24, 2.45) is 0 Å². The van der Waals surface area contributed by atoms with Crippen molar-refractivity contribution in [3.63, 3.8) is 0 Å². The van der Waals surface area contributed by atoms with Gasteiger partial charge in [0.2, 0.25) is 0 Å². The minimum absolute atomic E-state index is 0.0137. The van der Waals surface area contributed by atoms with E-state index in [1.54, 1.807) is 11.0 Å². The van der Waals surface area contributed by atoms with Gasteiger partial charge in [-0.15, -0.1) is 0 Å². The van der Waals surface area contributed by atoms with Gasteiger partial charge in [-0.1, -0.05) is 19.9 Å². The van der Waals surface area contributed by atoms with E-state index in [-0.39, 0.29) is 12.0 Å². The lowest BCUT2D eigenvalue weighted by Gasteiger charge is -2.34. The highest BCUT2D eigenvalue weighted by atomic mass is 16.5. The molecule has 0 fully saturated rings. The normalized spacial score (nSPS) is 18.8. The van der Waals surface area contributed by atoms with Crippen LogP contribution >= 0.6 is 0 Å². The van der Waals surface area contributed by atoms with Crippen LogP contribution in [-0.2, 0) is 4.79 Å². The van der Waals surface area contributed by atoms with E-state index in [0.717, 1.165) is 12.1 Å². The molecule has 1 heterocycles. The topological polar surface area (TPSA) is 55.6 Å². The lowest BCUT2D eigenvalue weighted by molar-refractivity contribution is -0.126. The van der Waals surface area contributed by atoms with E-state index < -0.39 is 0 Å². The van der Waals surface area contributed by atoms with Gasteiger partial charge in [0.1, 0.15) is 11.4 Å². The molecule has 0 saturated heterocycles. The average molecular weight is 234 g/mol. The summed E-state index contributed by atoms with van der Waals surface area (Å²) in [5.74, 6) is 0.727. The summed E-state index contributed by atoms with van der Waals surface area (Å²) in [6.07, 6.45) is 1.19. The minimum Gasteiger partial charge on any atom is -0.478 e. The molecular formula is C13H18N2O2. The summed E-state index contributed by atoms with van der Waals surface area (Å²) < 4.78 is 5.68. The lowest BCUT2D eigenvalue weighted by atomic mass is 10.1. The summed E-state index contributed by atoms with van der Waals surface area (Å²) in [7, 11) is 0. The number of benzene rings is 1. The third-order valence-corrected chi connectivity index (χ3v) is 2.93. The summed E-state index contributed by atoms with van der Waals surface area (Å²) >= 11 is 0. The zero-order valence-corrected chi connectivity index (χ0v) is 10.3. The highest BCUT2D eigenvalue weighted by Crippen LogP contribution is 2.39. The molecule has 1 aromatic rings. The number of ether oxygens (including phenoxy) is 1. The van der Waals surface area contributed by atoms with Gasteiger partial charge in [-0.2, -0.15) is 0 Å². The Morgan fingerprint density at radius 3 is 2.82 bits per heavy atom. The lowest BCUT2D eigenvalue weighted by Crippen LogP contribution is -2.46. The number of nitrogen functional groups attached to an aromatic ring is 1. The number of hydrogen-bond donors (Lipinski definition) is 1. The van der Waals surface area contributed by atoms with E-state index in [1.165, 1.54) is 0 Å². The number of carbonyl (C=O) groups excluding carboxylic acids is 1. The second kappa shape index (κ2) is 4.65. The highest BCUT2D eigenvalue weighted by molar-refractivity contribution is 6.02. The SMILES string of the molecule is CCCN1C(=O)C(CC)Oc2cccc(N)c21. The highest BCUT2D eigenvalue weighted by Gasteiger charge is 2.33. The average Bonchev–Trinajstić information content (AvgIpc) is 2.32. The van der Waals surface area contributed by atoms with Crippen LogP contribution in [0.25, 0.3) is 0 Å². The Morgan fingerprint density at radius 2 is 2.18 bits per heavy atom. The molecule has 4 heteroatoms. The first-order chi connectivity index (χ1) is 8.19. The molecule has 0 bridgehead atoms. The van der Waals surface area contributed by atoms with Crippen LogP contribution in [0, 0.1) is 0 Å².